The SMILES string of the molecule is Cc1cc(C)cc(OCCSCC(=O)Nc2ccc(C)cc2Cl)c1. The molecule has 0 spiro atoms. The number of halogens is 1. The minimum absolute atomic E-state index is 0.0582. The van der Waals surface area contributed by atoms with Gasteiger partial charge in [0.05, 0.1) is 23.1 Å². The van der Waals surface area contributed by atoms with Crippen LogP contribution in [0.4, 0.5) is 5.69 Å². The van der Waals surface area contributed by atoms with Crippen molar-refractivity contribution in [1.29, 1.82) is 0 Å². The Morgan fingerprint density at radius 2 is 1.79 bits per heavy atom. The van der Waals surface area contributed by atoms with Gasteiger partial charge in [0.1, 0.15) is 5.75 Å². The zero-order valence-corrected chi connectivity index (χ0v) is 15.8. The van der Waals surface area contributed by atoms with Gasteiger partial charge in [-0.3, -0.25) is 4.79 Å². The van der Waals surface area contributed by atoms with Crippen LogP contribution in [-0.4, -0.2) is 24.0 Å². The molecule has 0 aromatic heterocycles. The van der Waals surface area contributed by atoms with Crippen LogP contribution in [0.15, 0.2) is 36.4 Å². The number of amides is 1. The summed E-state index contributed by atoms with van der Waals surface area (Å²) in [5.74, 6) is 1.95. The zero-order valence-electron chi connectivity index (χ0n) is 14.2. The lowest BCUT2D eigenvalue weighted by atomic mass is 10.1. The van der Waals surface area contributed by atoms with E-state index in [1.54, 1.807) is 0 Å². The first kappa shape index (κ1) is 18.7. The molecule has 0 atom stereocenters. The zero-order chi connectivity index (χ0) is 17.5. The van der Waals surface area contributed by atoms with Crippen LogP contribution >= 0.6 is 23.4 Å². The van der Waals surface area contributed by atoms with Crippen LogP contribution < -0.4 is 10.1 Å². The third-order valence-electron chi connectivity index (χ3n) is 3.32. The number of hydrogen-bond donors (Lipinski definition) is 1. The van der Waals surface area contributed by atoms with E-state index in [2.05, 4.69) is 25.2 Å². The molecule has 0 heterocycles. The highest BCUT2D eigenvalue weighted by molar-refractivity contribution is 7.99. The summed E-state index contributed by atoms with van der Waals surface area (Å²) in [6.07, 6.45) is 0. The number of hydrogen-bond acceptors (Lipinski definition) is 3. The minimum Gasteiger partial charge on any atom is -0.493 e. The Hall–Kier alpha value is -1.65. The van der Waals surface area contributed by atoms with Crippen LogP contribution in [0, 0.1) is 20.8 Å². The normalized spacial score (nSPS) is 10.5. The Kier molecular flexibility index (Phi) is 7.00. The number of benzene rings is 2. The fraction of sp³-hybridized carbons (Fsp3) is 0.316. The smallest absolute Gasteiger partial charge is 0.234 e. The molecule has 0 saturated carbocycles. The first-order valence-electron chi connectivity index (χ1n) is 7.79. The minimum atomic E-state index is -0.0582. The van der Waals surface area contributed by atoms with Crippen LogP contribution in [0.25, 0.3) is 0 Å². The number of nitrogens with one attached hydrogen (secondary N) is 1. The number of carbonyl (C=O) groups is 1. The van der Waals surface area contributed by atoms with Crippen molar-refractivity contribution in [3.8, 4) is 5.75 Å². The number of thioether (sulfide) groups is 1. The van der Waals surface area contributed by atoms with E-state index in [-0.39, 0.29) is 5.91 Å². The van der Waals surface area contributed by atoms with Crippen molar-refractivity contribution >= 4 is 35.0 Å². The number of rotatable bonds is 7. The fourth-order valence-electron chi connectivity index (χ4n) is 2.31. The molecule has 0 aliphatic rings. The summed E-state index contributed by atoms with van der Waals surface area (Å²) in [5, 5.41) is 3.39. The lowest BCUT2D eigenvalue weighted by Crippen LogP contribution is -2.15. The van der Waals surface area contributed by atoms with E-state index in [0.717, 1.165) is 17.1 Å². The third-order valence-corrected chi connectivity index (χ3v) is 4.56. The predicted octanol–water partition coefficient (Wildman–Crippen LogP) is 5.02. The third kappa shape index (κ3) is 6.10. The van der Waals surface area contributed by atoms with Gasteiger partial charge in [-0.2, -0.15) is 0 Å². The summed E-state index contributed by atoms with van der Waals surface area (Å²) in [5.41, 5.74) is 4.09. The average molecular weight is 364 g/mol. The highest BCUT2D eigenvalue weighted by Crippen LogP contribution is 2.23. The van der Waals surface area contributed by atoms with Gasteiger partial charge in [0.15, 0.2) is 0 Å². The average Bonchev–Trinajstić information content (AvgIpc) is 2.49. The lowest BCUT2D eigenvalue weighted by Gasteiger charge is -2.09. The van der Waals surface area contributed by atoms with Gasteiger partial charge >= 0.3 is 0 Å². The summed E-state index contributed by atoms with van der Waals surface area (Å²) >= 11 is 7.65. The number of anilines is 1. The largest absolute Gasteiger partial charge is 0.493 e. The van der Waals surface area contributed by atoms with Crippen LogP contribution in [0.1, 0.15) is 16.7 Å². The maximum atomic E-state index is 11.9. The molecule has 0 fully saturated rings. The van der Waals surface area contributed by atoms with Crippen molar-refractivity contribution in [3.05, 3.63) is 58.1 Å². The molecule has 0 radical (unpaired) electrons. The summed E-state index contributed by atoms with van der Waals surface area (Å²) in [6, 6.07) is 11.7. The Morgan fingerprint density at radius 1 is 1.08 bits per heavy atom. The molecule has 2 aromatic carbocycles. The molecule has 24 heavy (non-hydrogen) atoms. The second-order valence-corrected chi connectivity index (χ2v) is 7.27. The first-order chi connectivity index (χ1) is 11.4. The lowest BCUT2D eigenvalue weighted by molar-refractivity contribution is -0.113. The monoisotopic (exact) mass is 363 g/mol. The van der Waals surface area contributed by atoms with E-state index >= 15 is 0 Å². The number of carbonyl (C=O) groups excluding carboxylic acids is 1. The molecule has 2 rings (SSSR count). The summed E-state index contributed by atoms with van der Waals surface area (Å²) in [7, 11) is 0. The fourth-order valence-corrected chi connectivity index (χ4v) is 3.19. The molecule has 3 nitrogen and oxygen atoms in total. The van der Waals surface area contributed by atoms with E-state index in [1.807, 2.05) is 37.3 Å². The van der Waals surface area contributed by atoms with Gasteiger partial charge < -0.3 is 10.1 Å². The quantitative estimate of drug-likeness (QED) is 0.702. The highest BCUT2D eigenvalue weighted by Gasteiger charge is 2.06. The molecular weight excluding hydrogens is 342 g/mol. The Labute approximate surface area is 152 Å². The maximum absolute atomic E-state index is 11.9. The Balaban J connectivity index is 1.69. The Bertz CT molecular complexity index is 698. The van der Waals surface area contributed by atoms with Gasteiger partial charge in [-0.15, -0.1) is 11.8 Å². The number of ether oxygens (including phenoxy) is 1. The molecule has 0 saturated heterocycles. The van der Waals surface area contributed by atoms with E-state index in [9.17, 15) is 4.79 Å². The predicted molar refractivity (Wildman–Crippen MR) is 104 cm³/mol. The molecule has 0 unspecified atom stereocenters. The van der Waals surface area contributed by atoms with E-state index in [0.29, 0.717) is 23.1 Å². The van der Waals surface area contributed by atoms with E-state index in [1.165, 1.54) is 22.9 Å². The van der Waals surface area contributed by atoms with Crippen molar-refractivity contribution in [3.63, 3.8) is 0 Å². The van der Waals surface area contributed by atoms with Gasteiger partial charge in [-0.05, 0) is 61.7 Å². The van der Waals surface area contributed by atoms with Crippen LogP contribution in [0.2, 0.25) is 5.02 Å². The van der Waals surface area contributed by atoms with E-state index in [4.69, 9.17) is 16.3 Å². The summed E-state index contributed by atoms with van der Waals surface area (Å²) in [6.45, 7) is 6.64. The summed E-state index contributed by atoms with van der Waals surface area (Å²) in [4.78, 5) is 11.9. The van der Waals surface area contributed by atoms with Crippen LogP contribution in [-0.2, 0) is 4.79 Å². The number of aryl methyl sites for hydroxylation is 3. The van der Waals surface area contributed by atoms with Crippen molar-refractivity contribution in [2.24, 2.45) is 0 Å². The van der Waals surface area contributed by atoms with E-state index < -0.39 is 0 Å². The second-order valence-electron chi connectivity index (χ2n) is 5.76. The molecule has 128 valence electrons. The maximum Gasteiger partial charge on any atom is 0.234 e. The van der Waals surface area contributed by atoms with Crippen LogP contribution in [0.3, 0.4) is 0 Å². The van der Waals surface area contributed by atoms with Gasteiger partial charge in [0.25, 0.3) is 0 Å². The van der Waals surface area contributed by atoms with Crippen molar-refractivity contribution in [2.45, 2.75) is 20.8 Å². The standard InChI is InChI=1S/C19H22ClNO2S/c1-13-4-5-18(17(20)11-13)21-19(22)12-24-7-6-23-16-9-14(2)8-15(3)10-16/h4-5,8-11H,6-7,12H2,1-3H3,(H,21,22). The van der Waals surface area contributed by atoms with Crippen molar-refractivity contribution in [2.75, 3.05) is 23.4 Å². The molecule has 0 bridgehead atoms. The molecule has 2 aromatic rings. The van der Waals surface area contributed by atoms with Gasteiger partial charge in [0, 0.05) is 5.75 Å². The van der Waals surface area contributed by atoms with Crippen LogP contribution in [0.5, 0.6) is 5.75 Å². The molecule has 5 heteroatoms. The Morgan fingerprint density at radius 3 is 2.46 bits per heavy atom. The van der Waals surface area contributed by atoms with Crippen molar-refractivity contribution < 1.29 is 9.53 Å². The molecule has 0 aliphatic heterocycles. The van der Waals surface area contributed by atoms with Gasteiger partial charge in [-0.1, -0.05) is 23.7 Å². The first-order valence-corrected chi connectivity index (χ1v) is 9.32. The summed E-state index contributed by atoms with van der Waals surface area (Å²) < 4.78 is 5.73. The highest BCUT2D eigenvalue weighted by atomic mass is 35.5. The van der Waals surface area contributed by atoms with Gasteiger partial charge in [-0.25, -0.2) is 0 Å². The van der Waals surface area contributed by atoms with Crippen molar-refractivity contribution in [1.82, 2.24) is 0 Å². The molecule has 1 N–H and O–H groups in total. The molecule has 1 amide bonds. The molecular formula is C19H22ClNO2S. The van der Waals surface area contributed by atoms with Gasteiger partial charge in [0.2, 0.25) is 5.91 Å². The molecule has 0 aliphatic carbocycles. The topological polar surface area (TPSA) is 38.3 Å². The second kappa shape index (κ2) is 9.00.